The van der Waals surface area contributed by atoms with Crippen LogP contribution in [0.4, 0.5) is 0 Å². The van der Waals surface area contributed by atoms with Crippen LogP contribution in [-0.4, -0.2) is 193 Å². The minimum absolute atomic E-state index is 0.235. The van der Waals surface area contributed by atoms with Gasteiger partial charge in [-0.3, -0.25) is 4.79 Å². The Labute approximate surface area is 567 Å². The Kier molecular flexibility index (Phi) is 51.7. The fraction of sp³-hybridized carbons (Fsp3) is 0.880. The first-order chi connectivity index (χ1) is 45.8. The molecule has 0 aliphatic carbocycles. The van der Waals surface area contributed by atoms with E-state index in [1.165, 1.54) is 212 Å². The van der Waals surface area contributed by atoms with Crippen LogP contribution >= 0.6 is 0 Å². The summed E-state index contributed by atoms with van der Waals surface area (Å²) in [5.41, 5.74) is 0. The molecule has 550 valence electrons. The molecule has 19 nitrogen and oxygen atoms in total. The number of aliphatic hydroxyl groups excluding tert-OH is 11. The van der Waals surface area contributed by atoms with Gasteiger partial charge in [-0.25, -0.2) is 0 Å². The molecule has 1 amide bonds. The highest BCUT2D eigenvalue weighted by Gasteiger charge is 2.53. The van der Waals surface area contributed by atoms with Crippen LogP contribution in [0.5, 0.6) is 0 Å². The van der Waals surface area contributed by atoms with Gasteiger partial charge in [-0.15, -0.1) is 0 Å². The number of nitrogens with one attached hydrogen (secondary N) is 1. The molecule has 3 aliphatic heterocycles. The van der Waals surface area contributed by atoms with E-state index in [2.05, 4.69) is 55.6 Å². The van der Waals surface area contributed by atoms with Crippen LogP contribution in [0.1, 0.15) is 290 Å². The van der Waals surface area contributed by atoms with Gasteiger partial charge in [-0.05, 0) is 64.2 Å². The summed E-state index contributed by atoms with van der Waals surface area (Å²) in [5.74, 6) is -0.284. The summed E-state index contributed by atoms with van der Waals surface area (Å²) in [4.78, 5) is 13.4. The van der Waals surface area contributed by atoms with E-state index in [0.717, 1.165) is 44.9 Å². The van der Waals surface area contributed by atoms with Crippen molar-refractivity contribution in [1.82, 2.24) is 5.32 Å². The van der Waals surface area contributed by atoms with Gasteiger partial charge in [0.2, 0.25) is 5.91 Å². The van der Waals surface area contributed by atoms with Crippen LogP contribution in [0.2, 0.25) is 0 Å². The zero-order chi connectivity index (χ0) is 68.2. The van der Waals surface area contributed by atoms with Crippen LogP contribution in [0.3, 0.4) is 0 Å². The van der Waals surface area contributed by atoms with E-state index in [-0.39, 0.29) is 18.9 Å². The molecule has 0 aromatic rings. The van der Waals surface area contributed by atoms with Crippen molar-refractivity contribution in [3.8, 4) is 0 Å². The van der Waals surface area contributed by atoms with E-state index in [1.807, 2.05) is 6.08 Å². The second kappa shape index (κ2) is 56.5. The van der Waals surface area contributed by atoms with Crippen molar-refractivity contribution in [2.75, 3.05) is 26.4 Å². The molecule has 0 radical (unpaired) electrons. The minimum atomic E-state index is -1.98. The Morgan fingerprint density at radius 3 is 1.13 bits per heavy atom. The number of aliphatic hydroxyl groups is 11. The summed E-state index contributed by atoms with van der Waals surface area (Å²) < 4.78 is 34.4. The summed E-state index contributed by atoms with van der Waals surface area (Å²) in [6.45, 7) is 1.74. The van der Waals surface area contributed by atoms with Crippen molar-refractivity contribution in [3.05, 3.63) is 48.6 Å². The fourth-order valence-electron chi connectivity index (χ4n) is 12.7. The first kappa shape index (κ1) is 86.0. The number of unbranched alkanes of at least 4 members (excludes halogenated alkanes) is 37. The average Bonchev–Trinajstić information content (AvgIpc) is 0.788. The quantitative estimate of drug-likeness (QED) is 0.0199. The molecule has 3 fully saturated rings. The summed E-state index contributed by atoms with van der Waals surface area (Å²) in [7, 11) is 0. The largest absolute Gasteiger partial charge is 0.394 e. The number of amides is 1. The van der Waals surface area contributed by atoms with E-state index in [1.54, 1.807) is 6.08 Å². The maximum Gasteiger partial charge on any atom is 0.220 e. The van der Waals surface area contributed by atoms with Gasteiger partial charge < -0.3 is 89.9 Å². The molecule has 94 heavy (non-hydrogen) atoms. The maximum absolute atomic E-state index is 13.4. The molecule has 0 saturated carbocycles. The smallest absolute Gasteiger partial charge is 0.220 e. The van der Waals surface area contributed by atoms with E-state index in [9.17, 15) is 61.0 Å². The predicted octanol–water partition coefficient (Wildman–Crippen LogP) is 11.3. The van der Waals surface area contributed by atoms with Crippen LogP contribution in [0, 0.1) is 0 Å². The molecular weight excluding hydrogens is 1200 g/mol. The van der Waals surface area contributed by atoms with Gasteiger partial charge >= 0.3 is 0 Å². The topological polar surface area (TPSA) is 307 Å². The summed E-state index contributed by atoms with van der Waals surface area (Å²) in [6.07, 6.45) is 42.3. The number of hydrogen-bond acceptors (Lipinski definition) is 18. The number of hydrogen-bond donors (Lipinski definition) is 12. The van der Waals surface area contributed by atoms with Gasteiger partial charge in [0, 0.05) is 6.42 Å². The summed E-state index contributed by atoms with van der Waals surface area (Å²) in [5, 5.41) is 121. The third kappa shape index (κ3) is 37.3. The number of carbonyl (C=O) groups is 1. The predicted molar refractivity (Wildman–Crippen MR) is 369 cm³/mol. The highest BCUT2D eigenvalue weighted by atomic mass is 16.8. The van der Waals surface area contributed by atoms with Gasteiger partial charge in [-0.2, -0.15) is 0 Å². The normalized spacial score (nSPS) is 27.6. The third-order valence-corrected chi connectivity index (χ3v) is 18.8. The van der Waals surface area contributed by atoms with Crippen molar-refractivity contribution in [1.29, 1.82) is 0 Å². The van der Waals surface area contributed by atoms with E-state index < -0.39 is 124 Å². The summed E-state index contributed by atoms with van der Waals surface area (Å²) in [6, 6.07) is -0.992. The zero-order valence-corrected chi connectivity index (χ0v) is 58.4. The molecule has 0 aromatic heterocycles. The molecule has 17 unspecified atom stereocenters. The number of ether oxygens (including phenoxy) is 6. The van der Waals surface area contributed by atoms with Gasteiger partial charge in [0.05, 0.1) is 38.6 Å². The number of allylic oxidation sites excluding steroid dienone is 7. The fourth-order valence-corrected chi connectivity index (χ4v) is 12.7. The molecule has 0 bridgehead atoms. The lowest BCUT2D eigenvalue weighted by Gasteiger charge is -2.48. The lowest BCUT2D eigenvalue weighted by Crippen LogP contribution is -2.66. The molecule has 3 saturated heterocycles. The van der Waals surface area contributed by atoms with Crippen LogP contribution in [-0.2, 0) is 33.2 Å². The number of rotatable bonds is 59. The van der Waals surface area contributed by atoms with Crippen molar-refractivity contribution in [2.45, 2.75) is 394 Å². The van der Waals surface area contributed by atoms with Gasteiger partial charge in [-0.1, -0.05) is 268 Å². The molecule has 12 N–H and O–H groups in total. The maximum atomic E-state index is 13.4. The van der Waals surface area contributed by atoms with Crippen molar-refractivity contribution in [2.24, 2.45) is 0 Å². The van der Waals surface area contributed by atoms with Gasteiger partial charge in [0.1, 0.15) is 73.2 Å². The minimum Gasteiger partial charge on any atom is -0.394 e. The molecule has 17 atom stereocenters. The monoisotopic (exact) mass is 1340 g/mol. The second-order valence-corrected chi connectivity index (χ2v) is 27.1. The molecular formula is C75H137NO18. The van der Waals surface area contributed by atoms with E-state index in [0.29, 0.717) is 12.8 Å². The lowest BCUT2D eigenvalue weighted by atomic mass is 9.96. The average molecular weight is 1340 g/mol. The Morgan fingerprint density at radius 2 is 0.713 bits per heavy atom. The van der Waals surface area contributed by atoms with E-state index in [4.69, 9.17) is 28.4 Å². The zero-order valence-electron chi connectivity index (χ0n) is 58.4. The Balaban J connectivity index is 1.42. The molecule has 3 rings (SSSR count). The Bertz CT molecular complexity index is 1890. The van der Waals surface area contributed by atoms with E-state index >= 15 is 0 Å². The molecule has 3 heterocycles. The third-order valence-electron chi connectivity index (χ3n) is 18.8. The van der Waals surface area contributed by atoms with Crippen molar-refractivity contribution in [3.63, 3.8) is 0 Å². The van der Waals surface area contributed by atoms with Gasteiger partial charge in [0.25, 0.3) is 0 Å². The number of carbonyl (C=O) groups excluding carboxylic acids is 1. The second-order valence-electron chi connectivity index (χ2n) is 27.1. The highest BCUT2D eigenvalue weighted by molar-refractivity contribution is 5.76. The first-order valence-electron chi connectivity index (χ1n) is 37.9. The van der Waals surface area contributed by atoms with Crippen LogP contribution in [0.15, 0.2) is 48.6 Å². The Morgan fingerprint density at radius 1 is 0.383 bits per heavy atom. The van der Waals surface area contributed by atoms with Crippen molar-refractivity contribution < 1.29 is 89.4 Å². The molecule has 19 heteroatoms. The highest BCUT2D eigenvalue weighted by Crippen LogP contribution is 2.33. The lowest BCUT2D eigenvalue weighted by molar-refractivity contribution is -0.379. The Hall–Kier alpha value is -2.25. The van der Waals surface area contributed by atoms with Gasteiger partial charge in [0.15, 0.2) is 18.9 Å². The van der Waals surface area contributed by atoms with Crippen LogP contribution in [0.25, 0.3) is 0 Å². The molecule has 3 aliphatic rings. The molecule has 0 aromatic carbocycles. The van der Waals surface area contributed by atoms with Crippen LogP contribution < -0.4 is 5.32 Å². The SMILES string of the molecule is CCCCCCC/C=C\C/C=C\CCCCCCCCCCCCCCCC(=O)NC(COC1OC(CO)C(OC2OC(CO)C(OC3OC(CO)C(O)C(O)C3O)C(O)C2O)C(O)C1O)C(O)/C=C/CC/C=C/CCCCCCCCCCCCCCCCCCCC. The first-order valence-corrected chi connectivity index (χ1v) is 37.9. The summed E-state index contributed by atoms with van der Waals surface area (Å²) >= 11 is 0. The standard InChI is InChI=1S/C75H137NO18/c1-3-5-7-9-11-13-15-17-19-21-23-25-27-29-31-33-35-37-39-41-43-45-47-49-51-53-63(81)76-58(59(80)52-50-48-46-44-42-40-38-36-34-32-30-28-26-24-22-20-18-16-14-12-10-8-6-4-2)57-89-73-69(87)66(84)71(61(55-78)91-73)94-75-70(88)67(85)72(62(56-79)92-75)93-74-68(86)65(83)64(82)60(54-77)90-74/h15,17,21,23,42,44,50,52,58-62,64-75,77-80,82-88H,3-14,16,18-20,22,24-41,43,45-49,51,53-57H2,1-2H3,(H,76,81)/b17-15-,23-21-,44-42+,52-50+. The molecule has 0 spiro atoms. The van der Waals surface area contributed by atoms with Crippen molar-refractivity contribution >= 4 is 5.91 Å².